The predicted octanol–water partition coefficient (Wildman–Crippen LogP) is 2.10. The number of aryl methyl sites for hydroxylation is 1. The maximum absolute atomic E-state index is 12.5. The van der Waals surface area contributed by atoms with E-state index in [1.54, 1.807) is 9.58 Å². The van der Waals surface area contributed by atoms with Crippen molar-refractivity contribution < 1.29 is 9.59 Å². The summed E-state index contributed by atoms with van der Waals surface area (Å²) in [5, 5.41) is 7.17. The average molecular weight is 340 g/mol. The molecule has 132 valence electrons. The third-order valence-electron chi connectivity index (χ3n) is 4.61. The van der Waals surface area contributed by atoms with E-state index in [2.05, 4.69) is 16.5 Å². The lowest BCUT2D eigenvalue weighted by atomic mass is 10.1. The summed E-state index contributed by atoms with van der Waals surface area (Å²) in [7, 11) is 1.89. The van der Waals surface area contributed by atoms with Crippen molar-refractivity contribution in [3.63, 3.8) is 0 Å². The van der Waals surface area contributed by atoms with Gasteiger partial charge in [0, 0.05) is 38.3 Å². The Kier molecular flexibility index (Phi) is 5.16. The summed E-state index contributed by atoms with van der Waals surface area (Å²) in [6.45, 7) is 3.07. The number of carbonyl (C=O) groups excluding carboxylic acids is 2. The summed E-state index contributed by atoms with van der Waals surface area (Å²) < 4.78 is 1.77. The monoisotopic (exact) mass is 340 g/mol. The van der Waals surface area contributed by atoms with Crippen molar-refractivity contribution in [3.8, 4) is 11.1 Å². The molecule has 0 bridgehead atoms. The Labute approximate surface area is 147 Å². The molecule has 1 saturated heterocycles. The largest absolute Gasteiger partial charge is 0.350 e. The summed E-state index contributed by atoms with van der Waals surface area (Å²) >= 11 is 0. The van der Waals surface area contributed by atoms with Crippen LogP contribution in [0.25, 0.3) is 11.1 Å². The summed E-state index contributed by atoms with van der Waals surface area (Å²) in [6.07, 6.45) is 5.81. The first kappa shape index (κ1) is 17.2. The number of amides is 2. The van der Waals surface area contributed by atoms with Gasteiger partial charge in [0.1, 0.15) is 6.04 Å². The molecule has 25 heavy (non-hydrogen) atoms. The fraction of sp³-hybridized carbons (Fsp3) is 0.421. The zero-order chi connectivity index (χ0) is 17.8. The molecule has 6 nitrogen and oxygen atoms in total. The first-order chi connectivity index (χ1) is 12.1. The van der Waals surface area contributed by atoms with Crippen molar-refractivity contribution in [2.45, 2.75) is 38.8 Å². The van der Waals surface area contributed by atoms with Crippen LogP contribution in [0.15, 0.2) is 36.7 Å². The van der Waals surface area contributed by atoms with Gasteiger partial charge >= 0.3 is 0 Å². The lowest BCUT2D eigenvalue weighted by Gasteiger charge is -2.25. The van der Waals surface area contributed by atoms with Gasteiger partial charge in [-0.3, -0.25) is 14.3 Å². The molecular formula is C19H24N4O2. The summed E-state index contributed by atoms with van der Waals surface area (Å²) in [6, 6.07) is 7.68. The normalized spacial score (nSPS) is 15.4. The van der Waals surface area contributed by atoms with Gasteiger partial charge in [0.15, 0.2) is 0 Å². The van der Waals surface area contributed by atoms with E-state index < -0.39 is 0 Å². The molecule has 1 fully saturated rings. The smallest absolute Gasteiger partial charge is 0.243 e. The van der Waals surface area contributed by atoms with E-state index in [1.807, 2.05) is 44.6 Å². The van der Waals surface area contributed by atoms with E-state index >= 15 is 0 Å². The van der Waals surface area contributed by atoms with Crippen molar-refractivity contribution in [3.05, 3.63) is 42.2 Å². The van der Waals surface area contributed by atoms with Crippen LogP contribution in [-0.4, -0.2) is 39.1 Å². The standard InChI is InChI=1S/C19H24N4O2/c1-3-17(23-9-5-8-18(23)24)19(25)20-11-14-6-4-7-15(10-14)16-12-21-22(2)13-16/h4,6-7,10,12-13,17H,3,5,8-9,11H2,1-2H3,(H,20,25). The molecule has 3 rings (SSSR count). The van der Waals surface area contributed by atoms with E-state index in [0.717, 1.165) is 23.1 Å². The molecule has 2 heterocycles. The van der Waals surface area contributed by atoms with Gasteiger partial charge in [0.25, 0.3) is 0 Å². The number of benzene rings is 1. The molecule has 1 atom stereocenters. The van der Waals surface area contributed by atoms with E-state index in [0.29, 0.717) is 25.9 Å². The first-order valence-electron chi connectivity index (χ1n) is 8.73. The molecule has 2 amide bonds. The molecule has 0 radical (unpaired) electrons. The van der Waals surface area contributed by atoms with Crippen molar-refractivity contribution in [1.29, 1.82) is 0 Å². The molecule has 0 saturated carbocycles. The summed E-state index contributed by atoms with van der Waals surface area (Å²) in [4.78, 5) is 26.1. The molecule has 0 spiro atoms. The van der Waals surface area contributed by atoms with Crippen LogP contribution in [0, 0.1) is 0 Å². The lowest BCUT2D eigenvalue weighted by molar-refractivity contribution is -0.137. The number of hydrogen-bond donors (Lipinski definition) is 1. The SMILES string of the molecule is CCC(C(=O)NCc1cccc(-c2cnn(C)c2)c1)N1CCCC1=O. The molecule has 1 aromatic heterocycles. The maximum atomic E-state index is 12.5. The number of likely N-dealkylation sites (tertiary alicyclic amines) is 1. The number of aromatic nitrogens is 2. The van der Waals surface area contributed by atoms with E-state index in [9.17, 15) is 9.59 Å². The van der Waals surface area contributed by atoms with Gasteiger partial charge in [0.05, 0.1) is 6.20 Å². The number of hydrogen-bond acceptors (Lipinski definition) is 3. The molecular weight excluding hydrogens is 316 g/mol. The Morgan fingerprint density at radius 3 is 2.84 bits per heavy atom. The topological polar surface area (TPSA) is 67.2 Å². The Morgan fingerprint density at radius 2 is 2.20 bits per heavy atom. The molecule has 0 aliphatic carbocycles. The predicted molar refractivity (Wildman–Crippen MR) is 95.5 cm³/mol. The van der Waals surface area contributed by atoms with Crippen LogP contribution < -0.4 is 5.32 Å². The van der Waals surface area contributed by atoms with Gasteiger partial charge in [-0.2, -0.15) is 5.10 Å². The second-order valence-corrected chi connectivity index (χ2v) is 6.44. The highest BCUT2D eigenvalue weighted by atomic mass is 16.2. The van der Waals surface area contributed by atoms with Gasteiger partial charge in [-0.05, 0) is 30.0 Å². The average Bonchev–Trinajstić information content (AvgIpc) is 3.23. The van der Waals surface area contributed by atoms with Crippen LogP contribution in [0.4, 0.5) is 0 Å². The highest BCUT2D eigenvalue weighted by Crippen LogP contribution is 2.20. The van der Waals surface area contributed by atoms with Crippen molar-refractivity contribution in [2.75, 3.05) is 6.54 Å². The molecule has 1 aliphatic heterocycles. The van der Waals surface area contributed by atoms with E-state index in [-0.39, 0.29) is 17.9 Å². The van der Waals surface area contributed by atoms with Gasteiger partial charge in [-0.1, -0.05) is 25.1 Å². The van der Waals surface area contributed by atoms with Gasteiger partial charge in [-0.25, -0.2) is 0 Å². The minimum atomic E-state index is -0.364. The van der Waals surface area contributed by atoms with Crippen LogP contribution in [0.2, 0.25) is 0 Å². The van der Waals surface area contributed by atoms with Crippen LogP contribution in [-0.2, 0) is 23.2 Å². The Morgan fingerprint density at radius 1 is 1.36 bits per heavy atom. The van der Waals surface area contributed by atoms with Gasteiger partial charge in [-0.15, -0.1) is 0 Å². The molecule has 1 unspecified atom stereocenters. The molecule has 1 aromatic carbocycles. The fourth-order valence-corrected chi connectivity index (χ4v) is 3.28. The van der Waals surface area contributed by atoms with Gasteiger partial charge < -0.3 is 10.2 Å². The number of rotatable bonds is 6. The number of nitrogens with zero attached hydrogens (tertiary/aromatic N) is 3. The minimum absolute atomic E-state index is 0.0791. The minimum Gasteiger partial charge on any atom is -0.350 e. The highest BCUT2D eigenvalue weighted by molar-refractivity contribution is 5.88. The Balaban J connectivity index is 1.64. The second-order valence-electron chi connectivity index (χ2n) is 6.44. The first-order valence-corrected chi connectivity index (χ1v) is 8.73. The number of nitrogens with one attached hydrogen (secondary N) is 1. The van der Waals surface area contributed by atoms with Crippen LogP contribution in [0.1, 0.15) is 31.7 Å². The third kappa shape index (κ3) is 3.90. The third-order valence-corrected chi connectivity index (χ3v) is 4.61. The zero-order valence-corrected chi connectivity index (χ0v) is 14.7. The van der Waals surface area contributed by atoms with Crippen LogP contribution in [0.3, 0.4) is 0 Å². The molecule has 1 N–H and O–H groups in total. The maximum Gasteiger partial charge on any atom is 0.243 e. The van der Waals surface area contributed by atoms with Crippen molar-refractivity contribution >= 4 is 11.8 Å². The lowest BCUT2D eigenvalue weighted by Crippen LogP contribution is -2.46. The van der Waals surface area contributed by atoms with Crippen LogP contribution in [0.5, 0.6) is 0 Å². The number of carbonyl (C=O) groups is 2. The molecule has 1 aliphatic rings. The quantitative estimate of drug-likeness (QED) is 0.876. The Hall–Kier alpha value is -2.63. The summed E-state index contributed by atoms with van der Waals surface area (Å²) in [5.41, 5.74) is 3.14. The van der Waals surface area contributed by atoms with Gasteiger partial charge in [0.2, 0.25) is 11.8 Å². The van der Waals surface area contributed by atoms with E-state index in [4.69, 9.17) is 0 Å². The Bertz CT molecular complexity index is 768. The molecule has 6 heteroatoms. The van der Waals surface area contributed by atoms with Crippen LogP contribution >= 0.6 is 0 Å². The molecule has 2 aromatic rings. The second kappa shape index (κ2) is 7.51. The van der Waals surface area contributed by atoms with E-state index in [1.165, 1.54) is 0 Å². The fourth-order valence-electron chi connectivity index (χ4n) is 3.28. The zero-order valence-electron chi connectivity index (χ0n) is 14.7. The van der Waals surface area contributed by atoms with Crippen molar-refractivity contribution in [1.82, 2.24) is 20.0 Å². The van der Waals surface area contributed by atoms with Crippen molar-refractivity contribution in [2.24, 2.45) is 7.05 Å². The summed E-state index contributed by atoms with van der Waals surface area (Å²) in [5.74, 6) is 0.00473. The highest BCUT2D eigenvalue weighted by Gasteiger charge is 2.31.